The lowest BCUT2D eigenvalue weighted by Gasteiger charge is -2.28. The lowest BCUT2D eigenvalue weighted by Crippen LogP contribution is -3.14. The van der Waals surface area contributed by atoms with Gasteiger partial charge >= 0.3 is 0 Å². The number of anilines is 1. The van der Waals surface area contributed by atoms with Gasteiger partial charge in [-0.1, -0.05) is 36.4 Å². The Morgan fingerprint density at radius 3 is 2.45 bits per heavy atom. The van der Waals surface area contributed by atoms with Gasteiger partial charge in [0.15, 0.2) is 6.54 Å². The van der Waals surface area contributed by atoms with E-state index in [4.69, 9.17) is 0 Å². The van der Waals surface area contributed by atoms with Gasteiger partial charge in [0.1, 0.15) is 0 Å². The summed E-state index contributed by atoms with van der Waals surface area (Å²) in [6.45, 7) is 4.25. The first-order chi connectivity index (χ1) is 15.1. The SMILES string of the molecule is C[C@@H](NC(=O)C[NH+]1CCC(C(=O)Nc2ccccc2)CC1)c1ccc2c(c1)CCCC2. The monoisotopic (exact) mass is 420 g/mol. The van der Waals surface area contributed by atoms with Gasteiger partial charge in [-0.05, 0) is 61.4 Å². The molecule has 0 unspecified atom stereocenters. The topological polar surface area (TPSA) is 62.6 Å². The summed E-state index contributed by atoms with van der Waals surface area (Å²) in [5.74, 6) is 0.213. The molecule has 5 nitrogen and oxygen atoms in total. The van der Waals surface area contributed by atoms with Crippen molar-refractivity contribution in [1.29, 1.82) is 0 Å². The number of hydrogen-bond acceptors (Lipinski definition) is 2. The van der Waals surface area contributed by atoms with Crippen molar-refractivity contribution in [3.63, 3.8) is 0 Å². The average molecular weight is 421 g/mol. The fourth-order valence-corrected chi connectivity index (χ4v) is 4.86. The van der Waals surface area contributed by atoms with Crippen LogP contribution in [0.3, 0.4) is 0 Å². The number of quaternary nitrogens is 1. The van der Waals surface area contributed by atoms with E-state index in [1.807, 2.05) is 30.3 Å². The molecule has 0 radical (unpaired) electrons. The average Bonchev–Trinajstić information content (AvgIpc) is 2.79. The second-order valence-corrected chi connectivity index (χ2v) is 9.08. The van der Waals surface area contributed by atoms with E-state index in [1.165, 1.54) is 40.9 Å². The minimum absolute atomic E-state index is 0.0216. The number of aryl methyl sites for hydroxylation is 2. The highest BCUT2D eigenvalue weighted by Crippen LogP contribution is 2.24. The van der Waals surface area contributed by atoms with E-state index in [9.17, 15) is 9.59 Å². The van der Waals surface area contributed by atoms with Crippen LogP contribution in [0.4, 0.5) is 5.69 Å². The van der Waals surface area contributed by atoms with Gasteiger partial charge in [0.25, 0.3) is 5.91 Å². The van der Waals surface area contributed by atoms with Gasteiger partial charge in [0, 0.05) is 24.4 Å². The highest BCUT2D eigenvalue weighted by atomic mass is 16.2. The molecule has 1 atom stereocenters. The first-order valence-electron chi connectivity index (χ1n) is 11.7. The molecular weight excluding hydrogens is 386 g/mol. The molecule has 0 bridgehead atoms. The van der Waals surface area contributed by atoms with Crippen LogP contribution in [-0.4, -0.2) is 31.4 Å². The van der Waals surface area contributed by atoms with E-state index < -0.39 is 0 Å². The predicted octanol–water partition coefficient (Wildman–Crippen LogP) is 2.68. The lowest BCUT2D eigenvalue weighted by atomic mass is 9.89. The molecule has 31 heavy (non-hydrogen) atoms. The molecule has 5 heteroatoms. The molecule has 1 saturated heterocycles. The third kappa shape index (κ3) is 5.73. The van der Waals surface area contributed by atoms with Crippen molar-refractivity contribution in [1.82, 2.24) is 5.32 Å². The van der Waals surface area contributed by atoms with Crippen molar-refractivity contribution in [2.45, 2.75) is 51.5 Å². The van der Waals surface area contributed by atoms with Crippen molar-refractivity contribution < 1.29 is 14.5 Å². The Hall–Kier alpha value is -2.66. The van der Waals surface area contributed by atoms with Gasteiger partial charge in [-0.25, -0.2) is 0 Å². The molecule has 0 spiro atoms. The first-order valence-corrected chi connectivity index (χ1v) is 11.7. The van der Waals surface area contributed by atoms with E-state index in [0.29, 0.717) is 6.54 Å². The molecule has 0 aromatic heterocycles. The molecule has 1 heterocycles. The van der Waals surface area contributed by atoms with Crippen LogP contribution < -0.4 is 15.5 Å². The Kier molecular flexibility index (Phi) is 7.03. The van der Waals surface area contributed by atoms with Gasteiger partial charge < -0.3 is 15.5 Å². The molecule has 3 N–H and O–H groups in total. The largest absolute Gasteiger partial charge is 0.345 e. The lowest BCUT2D eigenvalue weighted by molar-refractivity contribution is -0.897. The fourth-order valence-electron chi connectivity index (χ4n) is 4.86. The molecule has 1 aliphatic carbocycles. The number of fused-ring (bicyclic) bond motifs is 1. The van der Waals surface area contributed by atoms with E-state index in [2.05, 4.69) is 35.8 Å². The minimum atomic E-state index is 0.0216. The summed E-state index contributed by atoms with van der Waals surface area (Å²) in [7, 11) is 0. The highest BCUT2D eigenvalue weighted by Gasteiger charge is 2.29. The summed E-state index contributed by atoms with van der Waals surface area (Å²) in [6.07, 6.45) is 6.52. The molecule has 2 aromatic rings. The van der Waals surface area contributed by atoms with Crippen LogP contribution >= 0.6 is 0 Å². The minimum Gasteiger partial charge on any atom is -0.345 e. The maximum atomic E-state index is 12.6. The number of amides is 2. The first kappa shape index (κ1) is 21.6. The van der Waals surface area contributed by atoms with Crippen LogP contribution in [0, 0.1) is 5.92 Å². The Morgan fingerprint density at radius 1 is 1.00 bits per heavy atom. The molecule has 4 rings (SSSR count). The maximum absolute atomic E-state index is 12.6. The summed E-state index contributed by atoms with van der Waals surface area (Å²) in [4.78, 5) is 26.4. The van der Waals surface area contributed by atoms with E-state index >= 15 is 0 Å². The van der Waals surface area contributed by atoms with Gasteiger partial charge in [-0.3, -0.25) is 9.59 Å². The summed E-state index contributed by atoms with van der Waals surface area (Å²) in [5.41, 5.74) is 4.96. The van der Waals surface area contributed by atoms with Crippen molar-refractivity contribution in [2.75, 3.05) is 25.0 Å². The third-order valence-electron chi connectivity index (χ3n) is 6.77. The zero-order valence-electron chi connectivity index (χ0n) is 18.5. The molecule has 2 amide bonds. The summed E-state index contributed by atoms with van der Waals surface area (Å²) < 4.78 is 0. The molecular formula is C26H34N3O2+. The Bertz CT molecular complexity index is 904. The van der Waals surface area contributed by atoms with Gasteiger partial charge in [-0.15, -0.1) is 0 Å². The summed E-state index contributed by atoms with van der Waals surface area (Å²) in [6, 6.07) is 16.3. The van der Waals surface area contributed by atoms with Crippen LogP contribution in [0.25, 0.3) is 0 Å². The smallest absolute Gasteiger partial charge is 0.275 e. The second kappa shape index (κ2) is 10.1. The van der Waals surface area contributed by atoms with E-state index in [0.717, 1.165) is 38.0 Å². The van der Waals surface area contributed by atoms with Crippen LogP contribution in [0.1, 0.15) is 55.3 Å². The standard InChI is InChI=1S/C26H33N3O2/c1-19(22-12-11-20-7-5-6-8-23(20)17-22)27-25(30)18-29-15-13-21(14-16-29)26(31)28-24-9-3-2-4-10-24/h2-4,9-12,17,19,21H,5-8,13-16,18H2,1H3,(H,27,30)(H,28,31)/p+1/t19-/m1/s1. The number of likely N-dealkylation sites (tertiary alicyclic amines) is 1. The molecule has 2 aliphatic rings. The number of benzene rings is 2. The number of para-hydroxylation sites is 1. The summed E-state index contributed by atoms with van der Waals surface area (Å²) in [5, 5.41) is 6.18. The number of carbonyl (C=O) groups is 2. The Balaban J connectivity index is 1.22. The number of nitrogens with one attached hydrogen (secondary N) is 3. The van der Waals surface area contributed by atoms with Crippen LogP contribution in [0.2, 0.25) is 0 Å². The van der Waals surface area contributed by atoms with Crippen LogP contribution in [0.15, 0.2) is 48.5 Å². The Labute approximate surface area is 185 Å². The molecule has 1 fully saturated rings. The zero-order chi connectivity index (χ0) is 21.6. The van der Waals surface area contributed by atoms with Crippen molar-refractivity contribution in [2.24, 2.45) is 5.92 Å². The van der Waals surface area contributed by atoms with Gasteiger partial charge in [-0.2, -0.15) is 0 Å². The molecule has 2 aromatic carbocycles. The predicted molar refractivity (Wildman–Crippen MR) is 123 cm³/mol. The number of piperidine rings is 1. The van der Waals surface area contributed by atoms with Crippen molar-refractivity contribution in [3.05, 3.63) is 65.2 Å². The quantitative estimate of drug-likeness (QED) is 0.673. The normalized spacial score (nSPS) is 21.6. The molecule has 1 aliphatic heterocycles. The maximum Gasteiger partial charge on any atom is 0.275 e. The highest BCUT2D eigenvalue weighted by molar-refractivity contribution is 5.92. The van der Waals surface area contributed by atoms with E-state index in [1.54, 1.807) is 0 Å². The summed E-state index contributed by atoms with van der Waals surface area (Å²) >= 11 is 0. The zero-order valence-corrected chi connectivity index (χ0v) is 18.5. The number of carbonyl (C=O) groups excluding carboxylic acids is 2. The van der Waals surface area contributed by atoms with Crippen molar-refractivity contribution >= 4 is 17.5 Å². The number of rotatable bonds is 6. The van der Waals surface area contributed by atoms with Crippen LogP contribution in [-0.2, 0) is 22.4 Å². The Morgan fingerprint density at radius 2 is 1.71 bits per heavy atom. The van der Waals surface area contributed by atoms with E-state index in [-0.39, 0.29) is 23.8 Å². The second-order valence-electron chi connectivity index (χ2n) is 9.08. The number of hydrogen-bond donors (Lipinski definition) is 3. The molecule has 164 valence electrons. The van der Waals surface area contributed by atoms with Gasteiger partial charge in [0.05, 0.1) is 19.1 Å². The van der Waals surface area contributed by atoms with Crippen LogP contribution in [0.5, 0.6) is 0 Å². The van der Waals surface area contributed by atoms with Gasteiger partial charge in [0.2, 0.25) is 5.91 Å². The fraction of sp³-hybridized carbons (Fsp3) is 0.462. The van der Waals surface area contributed by atoms with Crippen molar-refractivity contribution in [3.8, 4) is 0 Å². The third-order valence-corrected chi connectivity index (χ3v) is 6.77. The molecule has 0 saturated carbocycles.